The summed E-state index contributed by atoms with van der Waals surface area (Å²) in [5, 5.41) is 3.16. The van der Waals surface area contributed by atoms with Gasteiger partial charge in [-0.15, -0.1) is 24.0 Å². The molecule has 2 rings (SSSR count). The third-order valence-electron chi connectivity index (χ3n) is 4.66. The van der Waals surface area contributed by atoms with Crippen molar-refractivity contribution in [1.82, 2.24) is 15.1 Å². The van der Waals surface area contributed by atoms with E-state index in [1.807, 2.05) is 11.8 Å². The van der Waals surface area contributed by atoms with Gasteiger partial charge in [0.05, 0.1) is 19.1 Å². The van der Waals surface area contributed by atoms with E-state index < -0.39 is 0 Å². The SMILES string of the molecule is CCOC(=O)[C@H]1CCCN(C(=NC)NCC(=O)N2CCCCC2)C1.I. The first-order valence-electron chi connectivity index (χ1n) is 9.05. The van der Waals surface area contributed by atoms with E-state index in [0.29, 0.717) is 19.1 Å². The highest BCUT2D eigenvalue weighted by Gasteiger charge is 2.28. The average Bonchev–Trinajstić information content (AvgIpc) is 2.63. The van der Waals surface area contributed by atoms with E-state index in [0.717, 1.165) is 45.3 Å². The molecule has 2 fully saturated rings. The third kappa shape index (κ3) is 6.63. The molecular weight excluding hydrogens is 435 g/mol. The van der Waals surface area contributed by atoms with Crippen LogP contribution in [0.2, 0.25) is 0 Å². The molecule has 0 aliphatic carbocycles. The number of esters is 1. The van der Waals surface area contributed by atoms with Gasteiger partial charge in [0.2, 0.25) is 5.91 Å². The maximum absolute atomic E-state index is 12.3. The molecule has 0 unspecified atom stereocenters. The van der Waals surface area contributed by atoms with Gasteiger partial charge in [-0.2, -0.15) is 0 Å². The van der Waals surface area contributed by atoms with E-state index in [1.165, 1.54) is 6.42 Å². The molecule has 144 valence electrons. The lowest BCUT2D eigenvalue weighted by atomic mass is 9.98. The van der Waals surface area contributed by atoms with Gasteiger partial charge in [0.1, 0.15) is 0 Å². The number of likely N-dealkylation sites (tertiary alicyclic amines) is 2. The molecule has 0 bridgehead atoms. The molecule has 2 saturated heterocycles. The summed E-state index contributed by atoms with van der Waals surface area (Å²) >= 11 is 0. The van der Waals surface area contributed by atoms with E-state index in [4.69, 9.17) is 4.74 Å². The second-order valence-corrected chi connectivity index (χ2v) is 6.38. The summed E-state index contributed by atoms with van der Waals surface area (Å²) in [5.41, 5.74) is 0. The third-order valence-corrected chi connectivity index (χ3v) is 4.66. The quantitative estimate of drug-likeness (QED) is 0.294. The van der Waals surface area contributed by atoms with Crippen LogP contribution in [-0.4, -0.2) is 74.0 Å². The summed E-state index contributed by atoms with van der Waals surface area (Å²) in [7, 11) is 1.71. The number of rotatable bonds is 4. The van der Waals surface area contributed by atoms with Crippen LogP contribution < -0.4 is 5.32 Å². The number of hydrogen-bond donors (Lipinski definition) is 1. The Hall–Kier alpha value is -1.06. The number of aliphatic imine (C=N–C) groups is 1. The molecule has 0 aromatic heterocycles. The molecule has 0 radical (unpaired) electrons. The van der Waals surface area contributed by atoms with E-state index in [-0.39, 0.29) is 48.3 Å². The Balaban J connectivity index is 0.00000312. The smallest absolute Gasteiger partial charge is 0.310 e. The maximum atomic E-state index is 12.3. The van der Waals surface area contributed by atoms with E-state index in [2.05, 4.69) is 15.2 Å². The van der Waals surface area contributed by atoms with E-state index >= 15 is 0 Å². The van der Waals surface area contributed by atoms with Crippen molar-refractivity contribution in [3.05, 3.63) is 0 Å². The molecule has 1 amide bonds. The highest BCUT2D eigenvalue weighted by Crippen LogP contribution is 2.18. The Morgan fingerprint density at radius 1 is 1.12 bits per heavy atom. The van der Waals surface area contributed by atoms with Crippen LogP contribution >= 0.6 is 24.0 Å². The molecule has 7 nitrogen and oxygen atoms in total. The first-order chi connectivity index (χ1) is 11.7. The second kappa shape index (κ2) is 11.5. The number of amides is 1. The number of halogens is 1. The van der Waals surface area contributed by atoms with Crippen LogP contribution in [0, 0.1) is 5.92 Å². The largest absolute Gasteiger partial charge is 0.466 e. The monoisotopic (exact) mass is 466 g/mol. The normalized spacial score (nSPS) is 21.4. The Labute approximate surface area is 167 Å². The molecule has 8 heteroatoms. The zero-order valence-corrected chi connectivity index (χ0v) is 17.7. The van der Waals surface area contributed by atoms with Crippen LogP contribution in [0.4, 0.5) is 0 Å². The van der Waals surface area contributed by atoms with E-state index in [9.17, 15) is 9.59 Å². The summed E-state index contributed by atoms with van der Waals surface area (Å²) in [4.78, 5) is 32.5. The fourth-order valence-electron chi connectivity index (χ4n) is 3.36. The van der Waals surface area contributed by atoms with Gasteiger partial charge in [0, 0.05) is 33.2 Å². The summed E-state index contributed by atoms with van der Waals surface area (Å²) < 4.78 is 5.13. The lowest BCUT2D eigenvalue weighted by Crippen LogP contribution is -2.51. The lowest BCUT2D eigenvalue weighted by Gasteiger charge is -2.34. The first-order valence-corrected chi connectivity index (χ1v) is 9.05. The van der Waals surface area contributed by atoms with Gasteiger partial charge in [-0.3, -0.25) is 14.6 Å². The van der Waals surface area contributed by atoms with Crippen molar-refractivity contribution in [1.29, 1.82) is 0 Å². The number of nitrogens with one attached hydrogen (secondary N) is 1. The Morgan fingerprint density at radius 3 is 2.44 bits per heavy atom. The molecular formula is C17H31IN4O3. The lowest BCUT2D eigenvalue weighted by molar-refractivity contribution is -0.149. The summed E-state index contributed by atoms with van der Waals surface area (Å²) in [6.45, 7) is 5.64. The predicted octanol–water partition coefficient (Wildman–Crippen LogP) is 1.47. The number of guanidine groups is 1. The van der Waals surface area contributed by atoms with Gasteiger partial charge in [-0.25, -0.2) is 0 Å². The number of carbonyl (C=O) groups is 2. The molecule has 25 heavy (non-hydrogen) atoms. The maximum Gasteiger partial charge on any atom is 0.310 e. The van der Waals surface area contributed by atoms with Crippen molar-refractivity contribution in [2.75, 3.05) is 46.4 Å². The van der Waals surface area contributed by atoms with Crippen LogP contribution in [0.5, 0.6) is 0 Å². The van der Waals surface area contributed by atoms with Gasteiger partial charge >= 0.3 is 5.97 Å². The van der Waals surface area contributed by atoms with Crippen LogP contribution in [0.15, 0.2) is 4.99 Å². The molecule has 1 N–H and O–H groups in total. The molecule has 0 aromatic carbocycles. The fourth-order valence-corrected chi connectivity index (χ4v) is 3.36. The van der Waals surface area contributed by atoms with Crippen LogP contribution in [0.25, 0.3) is 0 Å². The minimum Gasteiger partial charge on any atom is -0.466 e. The number of carbonyl (C=O) groups excluding carboxylic acids is 2. The Morgan fingerprint density at radius 2 is 1.80 bits per heavy atom. The summed E-state index contributed by atoms with van der Waals surface area (Å²) in [5.74, 6) is 0.557. The van der Waals surface area contributed by atoms with Crippen molar-refractivity contribution in [2.45, 2.75) is 39.0 Å². The number of nitrogens with zero attached hydrogens (tertiary/aromatic N) is 3. The predicted molar refractivity (Wildman–Crippen MR) is 108 cm³/mol. The number of hydrogen-bond acceptors (Lipinski definition) is 4. The number of piperidine rings is 2. The van der Waals surface area contributed by atoms with Crippen molar-refractivity contribution in [3.8, 4) is 0 Å². The Kier molecular flexibility index (Phi) is 10.1. The minimum atomic E-state index is -0.137. The van der Waals surface area contributed by atoms with Crippen molar-refractivity contribution in [3.63, 3.8) is 0 Å². The van der Waals surface area contributed by atoms with Gasteiger partial charge in [-0.1, -0.05) is 0 Å². The zero-order chi connectivity index (χ0) is 17.4. The van der Waals surface area contributed by atoms with Gasteiger partial charge in [0.15, 0.2) is 5.96 Å². The van der Waals surface area contributed by atoms with Crippen molar-refractivity contribution >= 4 is 41.8 Å². The topological polar surface area (TPSA) is 74.2 Å². The number of ether oxygens (including phenoxy) is 1. The highest BCUT2D eigenvalue weighted by molar-refractivity contribution is 14.0. The molecule has 2 aliphatic rings. The van der Waals surface area contributed by atoms with Crippen LogP contribution in [-0.2, 0) is 14.3 Å². The summed E-state index contributed by atoms with van der Waals surface area (Å²) in [6, 6.07) is 0. The zero-order valence-electron chi connectivity index (χ0n) is 15.3. The van der Waals surface area contributed by atoms with Crippen LogP contribution in [0.3, 0.4) is 0 Å². The first kappa shape index (κ1) is 22.0. The van der Waals surface area contributed by atoms with Gasteiger partial charge in [0.25, 0.3) is 0 Å². The van der Waals surface area contributed by atoms with Crippen molar-refractivity contribution in [2.24, 2.45) is 10.9 Å². The molecule has 1 atom stereocenters. The second-order valence-electron chi connectivity index (χ2n) is 6.38. The molecule has 0 aromatic rings. The van der Waals surface area contributed by atoms with Gasteiger partial charge < -0.3 is 19.9 Å². The molecule has 0 saturated carbocycles. The minimum absolute atomic E-state index is 0. The highest BCUT2D eigenvalue weighted by atomic mass is 127. The summed E-state index contributed by atoms with van der Waals surface area (Å²) in [6.07, 6.45) is 5.16. The standard InChI is InChI=1S/C17H30N4O3.HI/c1-3-24-16(23)14-8-7-11-21(13-14)17(18-2)19-12-15(22)20-9-5-4-6-10-20;/h14H,3-13H2,1-2H3,(H,18,19);1H/t14-;/m0./s1. The molecule has 0 spiro atoms. The fraction of sp³-hybridized carbons (Fsp3) is 0.824. The molecule has 2 aliphatic heterocycles. The van der Waals surface area contributed by atoms with E-state index in [1.54, 1.807) is 7.05 Å². The van der Waals surface area contributed by atoms with Crippen molar-refractivity contribution < 1.29 is 14.3 Å². The Bertz CT molecular complexity index is 467. The van der Waals surface area contributed by atoms with Gasteiger partial charge in [-0.05, 0) is 39.0 Å². The molecule has 2 heterocycles. The average molecular weight is 466 g/mol. The van der Waals surface area contributed by atoms with Crippen LogP contribution in [0.1, 0.15) is 39.0 Å².